The molecule has 102 valence electrons. The lowest BCUT2D eigenvalue weighted by molar-refractivity contribution is -0.274. The van der Waals surface area contributed by atoms with Crippen LogP contribution in [0.15, 0.2) is 33.6 Å². The molecule has 0 amide bonds. The number of benzene rings is 1. The Hall–Kier alpha value is -1.28. The van der Waals surface area contributed by atoms with Gasteiger partial charge in [-0.15, -0.1) is 24.5 Å². The van der Waals surface area contributed by atoms with Crippen molar-refractivity contribution in [2.45, 2.75) is 13.0 Å². The molecule has 0 radical (unpaired) electrons. The minimum absolute atomic E-state index is 0.167. The topological polar surface area (TPSA) is 31.4 Å². The Kier molecular flexibility index (Phi) is 4.31. The fourth-order valence-corrected chi connectivity index (χ4v) is 2.23. The minimum atomic E-state index is -4.72. The van der Waals surface area contributed by atoms with E-state index in [2.05, 4.69) is 25.7 Å². The highest BCUT2D eigenvalue weighted by Gasteiger charge is 2.31. The number of hydrogen-bond donors (Lipinski definition) is 0. The van der Waals surface area contributed by atoms with Gasteiger partial charge in [-0.25, -0.2) is 4.98 Å². The van der Waals surface area contributed by atoms with Crippen LogP contribution in [0.2, 0.25) is 0 Å². The Morgan fingerprint density at radius 3 is 2.68 bits per heavy atom. The monoisotopic (exact) mass is 353 g/mol. The molecule has 0 atom stereocenters. The standard InChI is InChI=1S/C11H7BrF3NO2S/c12-9-3-8(17-4-7-5-19-6-16-7)1-2-10(9)18-11(13,14)15/h1-3,5-6H,4H2. The zero-order valence-corrected chi connectivity index (χ0v) is 11.7. The van der Waals surface area contributed by atoms with Crippen molar-refractivity contribution in [1.29, 1.82) is 0 Å². The summed E-state index contributed by atoms with van der Waals surface area (Å²) < 4.78 is 45.6. The first kappa shape index (κ1) is 14.1. The van der Waals surface area contributed by atoms with Crippen molar-refractivity contribution >= 4 is 27.3 Å². The zero-order valence-electron chi connectivity index (χ0n) is 9.28. The van der Waals surface area contributed by atoms with E-state index in [0.717, 1.165) is 5.69 Å². The van der Waals surface area contributed by atoms with E-state index in [9.17, 15) is 13.2 Å². The number of aromatic nitrogens is 1. The van der Waals surface area contributed by atoms with Crippen LogP contribution in [0, 0.1) is 0 Å². The molecule has 1 heterocycles. The third-order valence-electron chi connectivity index (χ3n) is 2.00. The van der Waals surface area contributed by atoms with E-state index in [1.165, 1.54) is 29.5 Å². The van der Waals surface area contributed by atoms with E-state index in [1.807, 2.05) is 5.38 Å². The fraction of sp³-hybridized carbons (Fsp3) is 0.182. The maximum Gasteiger partial charge on any atom is 0.573 e. The zero-order chi connectivity index (χ0) is 13.9. The van der Waals surface area contributed by atoms with Gasteiger partial charge in [-0.3, -0.25) is 0 Å². The SMILES string of the molecule is FC(F)(F)Oc1ccc(OCc2cscn2)cc1Br. The average molecular weight is 354 g/mol. The molecule has 0 aliphatic rings. The van der Waals surface area contributed by atoms with E-state index in [1.54, 1.807) is 5.51 Å². The van der Waals surface area contributed by atoms with Crippen LogP contribution < -0.4 is 9.47 Å². The van der Waals surface area contributed by atoms with Crippen LogP contribution in [-0.2, 0) is 6.61 Å². The lowest BCUT2D eigenvalue weighted by atomic mass is 10.3. The highest BCUT2D eigenvalue weighted by atomic mass is 79.9. The molecular weight excluding hydrogens is 347 g/mol. The third-order valence-corrected chi connectivity index (χ3v) is 3.25. The summed E-state index contributed by atoms with van der Waals surface area (Å²) in [4.78, 5) is 4.03. The Balaban J connectivity index is 2.02. The summed E-state index contributed by atoms with van der Waals surface area (Å²) in [6.07, 6.45) is -4.72. The molecule has 0 saturated heterocycles. The largest absolute Gasteiger partial charge is 0.573 e. The van der Waals surface area contributed by atoms with Gasteiger partial charge in [0.25, 0.3) is 0 Å². The summed E-state index contributed by atoms with van der Waals surface area (Å²) in [6.45, 7) is 0.259. The van der Waals surface area contributed by atoms with Crippen LogP contribution >= 0.6 is 27.3 Å². The van der Waals surface area contributed by atoms with Crippen molar-refractivity contribution in [3.05, 3.63) is 39.3 Å². The van der Waals surface area contributed by atoms with Crippen LogP contribution in [0.4, 0.5) is 13.2 Å². The number of halogens is 4. The van der Waals surface area contributed by atoms with E-state index in [4.69, 9.17) is 4.74 Å². The molecule has 0 fully saturated rings. The summed E-state index contributed by atoms with van der Waals surface area (Å²) in [7, 11) is 0. The van der Waals surface area contributed by atoms with Crippen molar-refractivity contribution in [3.8, 4) is 11.5 Å². The predicted molar refractivity (Wildman–Crippen MR) is 67.3 cm³/mol. The number of ether oxygens (including phenoxy) is 2. The molecule has 0 unspecified atom stereocenters. The highest BCUT2D eigenvalue weighted by Crippen LogP contribution is 2.33. The lowest BCUT2D eigenvalue weighted by Gasteiger charge is -2.11. The molecule has 0 saturated carbocycles. The van der Waals surface area contributed by atoms with Gasteiger partial charge in [-0.1, -0.05) is 0 Å². The van der Waals surface area contributed by atoms with Crippen LogP contribution in [0.1, 0.15) is 5.69 Å². The van der Waals surface area contributed by atoms with Crippen LogP contribution in [-0.4, -0.2) is 11.3 Å². The number of thiazole rings is 1. The van der Waals surface area contributed by atoms with Gasteiger partial charge in [-0.2, -0.15) is 0 Å². The Labute approximate surface area is 119 Å². The fourth-order valence-electron chi connectivity index (χ4n) is 1.24. The van der Waals surface area contributed by atoms with Gasteiger partial charge >= 0.3 is 6.36 Å². The summed E-state index contributed by atoms with van der Waals surface area (Å²) in [6, 6.07) is 4.00. The molecular formula is C11H7BrF3NO2S. The molecule has 0 aliphatic heterocycles. The van der Waals surface area contributed by atoms with Crippen LogP contribution in [0.5, 0.6) is 11.5 Å². The van der Waals surface area contributed by atoms with Gasteiger partial charge in [-0.05, 0) is 34.1 Å². The van der Waals surface area contributed by atoms with E-state index < -0.39 is 6.36 Å². The van der Waals surface area contributed by atoms with E-state index in [-0.39, 0.29) is 16.8 Å². The quantitative estimate of drug-likeness (QED) is 0.817. The second-order valence-corrected chi connectivity index (χ2v) is 4.98. The van der Waals surface area contributed by atoms with Gasteiger partial charge < -0.3 is 9.47 Å². The second kappa shape index (κ2) is 5.79. The summed E-state index contributed by atoms with van der Waals surface area (Å²) >= 11 is 4.44. The number of hydrogen-bond acceptors (Lipinski definition) is 4. The minimum Gasteiger partial charge on any atom is -0.487 e. The van der Waals surface area contributed by atoms with Gasteiger partial charge in [0.2, 0.25) is 0 Å². The molecule has 0 N–H and O–H groups in total. The van der Waals surface area contributed by atoms with Crippen LogP contribution in [0.25, 0.3) is 0 Å². The van der Waals surface area contributed by atoms with Crippen LogP contribution in [0.3, 0.4) is 0 Å². The van der Waals surface area contributed by atoms with Crippen molar-refractivity contribution in [2.75, 3.05) is 0 Å². The molecule has 19 heavy (non-hydrogen) atoms. The molecule has 3 nitrogen and oxygen atoms in total. The summed E-state index contributed by atoms with van der Waals surface area (Å²) in [5.74, 6) is 0.114. The molecule has 0 aliphatic carbocycles. The van der Waals surface area contributed by atoms with Gasteiger partial charge in [0, 0.05) is 5.38 Å². The average Bonchev–Trinajstić information content (AvgIpc) is 2.81. The summed E-state index contributed by atoms with van der Waals surface area (Å²) in [5.41, 5.74) is 2.44. The number of alkyl halides is 3. The highest BCUT2D eigenvalue weighted by molar-refractivity contribution is 9.10. The lowest BCUT2D eigenvalue weighted by Crippen LogP contribution is -2.17. The Bertz CT molecular complexity index is 545. The maximum absolute atomic E-state index is 12.1. The number of nitrogens with zero attached hydrogens (tertiary/aromatic N) is 1. The van der Waals surface area contributed by atoms with Crippen molar-refractivity contribution in [2.24, 2.45) is 0 Å². The number of rotatable bonds is 4. The molecule has 2 aromatic rings. The second-order valence-electron chi connectivity index (χ2n) is 3.41. The molecule has 0 bridgehead atoms. The van der Waals surface area contributed by atoms with Gasteiger partial charge in [0.15, 0.2) is 0 Å². The van der Waals surface area contributed by atoms with Gasteiger partial charge in [0.1, 0.15) is 18.1 Å². The normalized spacial score (nSPS) is 11.4. The first-order chi connectivity index (χ1) is 8.94. The third kappa shape index (κ3) is 4.39. The maximum atomic E-state index is 12.1. The first-order valence-electron chi connectivity index (χ1n) is 4.99. The van der Waals surface area contributed by atoms with Crippen molar-refractivity contribution in [1.82, 2.24) is 4.98 Å². The Morgan fingerprint density at radius 1 is 1.32 bits per heavy atom. The molecule has 1 aromatic heterocycles. The molecule has 2 rings (SSSR count). The molecule has 8 heteroatoms. The molecule has 0 spiro atoms. The summed E-state index contributed by atoms with van der Waals surface area (Å²) in [5, 5.41) is 1.83. The predicted octanol–water partition coefficient (Wildman–Crippen LogP) is 4.38. The van der Waals surface area contributed by atoms with Crippen molar-refractivity contribution < 1.29 is 22.6 Å². The smallest absolute Gasteiger partial charge is 0.487 e. The Morgan fingerprint density at radius 2 is 2.11 bits per heavy atom. The molecule has 1 aromatic carbocycles. The van der Waals surface area contributed by atoms with E-state index in [0.29, 0.717) is 5.75 Å². The first-order valence-corrected chi connectivity index (χ1v) is 6.73. The van der Waals surface area contributed by atoms with Crippen molar-refractivity contribution in [3.63, 3.8) is 0 Å². The van der Waals surface area contributed by atoms with E-state index >= 15 is 0 Å². The van der Waals surface area contributed by atoms with Gasteiger partial charge in [0.05, 0.1) is 15.7 Å².